The van der Waals surface area contributed by atoms with Gasteiger partial charge in [0.2, 0.25) is 5.91 Å². The second-order valence-corrected chi connectivity index (χ2v) is 7.25. The number of hydrogen-bond donors (Lipinski definition) is 1. The van der Waals surface area contributed by atoms with Crippen molar-refractivity contribution in [2.45, 2.75) is 58.5 Å². The molecule has 1 aliphatic rings. The van der Waals surface area contributed by atoms with Crippen LogP contribution < -0.4 is 10.3 Å². The van der Waals surface area contributed by atoms with Gasteiger partial charge in [-0.2, -0.15) is 0 Å². The number of H-pyrrole nitrogens is 1. The summed E-state index contributed by atoms with van der Waals surface area (Å²) in [6.07, 6.45) is 4.98. The van der Waals surface area contributed by atoms with Crippen LogP contribution in [0.5, 0.6) is 5.75 Å². The van der Waals surface area contributed by atoms with E-state index in [2.05, 4.69) is 22.1 Å². The van der Waals surface area contributed by atoms with Gasteiger partial charge in [0, 0.05) is 31.5 Å². The quantitative estimate of drug-likeness (QED) is 0.793. The fourth-order valence-corrected chi connectivity index (χ4v) is 3.19. The highest BCUT2D eigenvalue weighted by Gasteiger charge is 2.17. The van der Waals surface area contributed by atoms with Crippen LogP contribution in [0.3, 0.4) is 0 Å². The minimum Gasteiger partial charge on any atom is -0.491 e. The van der Waals surface area contributed by atoms with E-state index in [-0.39, 0.29) is 17.6 Å². The molecule has 7 nitrogen and oxygen atoms in total. The Morgan fingerprint density at radius 3 is 2.54 bits per heavy atom. The van der Waals surface area contributed by atoms with Gasteiger partial charge in [-0.15, -0.1) is 10.2 Å². The number of ether oxygens (including phenoxy) is 1. The number of hydrogen-bond acceptors (Lipinski definition) is 5. The average Bonchev–Trinajstić information content (AvgIpc) is 2.73. The minimum absolute atomic E-state index is 0.0851. The third-order valence-corrected chi connectivity index (χ3v) is 5.09. The van der Waals surface area contributed by atoms with Crippen molar-refractivity contribution in [3.05, 3.63) is 40.3 Å². The molecule has 150 valence electrons. The third kappa shape index (κ3) is 5.18. The minimum atomic E-state index is -0.295. The largest absolute Gasteiger partial charge is 0.491 e. The number of aryl methyl sites for hydroxylation is 1. The highest BCUT2D eigenvalue weighted by Crippen LogP contribution is 2.19. The van der Waals surface area contributed by atoms with E-state index in [1.54, 1.807) is 0 Å². The normalized spacial score (nSPS) is 15.3. The molecular weight excluding hydrogens is 356 g/mol. The number of likely N-dealkylation sites (tertiary alicyclic amines) is 1. The number of benzene rings is 1. The SMILES string of the molecule is CCC(C)Oc1ccc(-c2nnc(CCC(=O)N3CCCCC3)c(=O)[nH]2)cc1. The Labute approximate surface area is 165 Å². The number of piperidine rings is 1. The number of nitrogens with zero attached hydrogens (tertiary/aromatic N) is 3. The second-order valence-electron chi connectivity index (χ2n) is 7.25. The summed E-state index contributed by atoms with van der Waals surface area (Å²) in [5, 5.41) is 8.20. The van der Waals surface area contributed by atoms with Crippen molar-refractivity contribution in [3.63, 3.8) is 0 Å². The van der Waals surface area contributed by atoms with Crippen LogP contribution in [0.1, 0.15) is 51.6 Å². The molecule has 1 aromatic carbocycles. The van der Waals surface area contributed by atoms with Gasteiger partial charge in [0.15, 0.2) is 5.82 Å². The topological polar surface area (TPSA) is 88.2 Å². The van der Waals surface area contributed by atoms with Crippen LogP contribution in [0.15, 0.2) is 29.1 Å². The molecule has 1 saturated heterocycles. The van der Waals surface area contributed by atoms with Crippen LogP contribution in [-0.2, 0) is 11.2 Å². The van der Waals surface area contributed by atoms with Gasteiger partial charge >= 0.3 is 0 Å². The maximum atomic E-state index is 12.3. The van der Waals surface area contributed by atoms with Crippen molar-refractivity contribution in [2.24, 2.45) is 0 Å². The zero-order valence-electron chi connectivity index (χ0n) is 16.6. The van der Waals surface area contributed by atoms with E-state index in [1.807, 2.05) is 36.1 Å². The fraction of sp³-hybridized carbons (Fsp3) is 0.524. The van der Waals surface area contributed by atoms with Crippen LogP contribution in [0.25, 0.3) is 11.4 Å². The molecule has 1 unspecified atom stereocenters. The number of nitrogens with one attached hydrogen (secondary N) is 1. The molecule has 0 spiro atoms. The van der Waals surface area contributed by atoms with Crippen molar-refractivity contribution in [2.75, 3.05) is 13.1 Å². The average molecular weight is 384 g/mol. The van der Waals surface area contributed by atoms with E-state index < -0.39 is 0 Å². The second kappa shape index (κ2) is 9.48. The Kier molecular flexibility index (Phi) is 6.79. The Morgan fingerprint density at radius 1 is 1.18 bits per heavy atom. The Morgan fingerprint density at radius 2 is 1.89 bits per heavy atom. The number of carbonyl (C=O) groups excluding carboxylic acids is 1. The van der Waals surface area contributed by atoms with Gasteiger partial charge in [-0.3, -0.25) is 9.59 Å². The predicted octanol–water partition coefficient (Wildman–Crippen LogP) is 2.95. The molecular formula is C21H28N4O3. The maximum Gasteiger partial charge on any atom is 0.273 e. The Hall–Kier alpha value is -2.70. The van der Waals surface area contributed by atoms with Crippen LogP contribution in [0.4, 0.5) is 0 Å². The lowest BCUT2D eigenvalue weighted by molar-refractivity contribution is -0.132. The Balaban J connectivity index is 1.62. The molecule has 0 radical (unpaired) electrons. The first-order valence-electron chi connectivity index (χ1n) is 10.1. The van der Waals surface area contributed by atoms with Crippen molar-refractivity contribution < 1.29 is 9.53 Å². The molecule has 0 bridgehead atoms. The summed E-state index contributed by atoms with van der Waals surface area (Å²) in [6, 6.07) is 7.40. The van der Waals surface area contributed by atoms with Gasteiger partial charge in [-0.1, -0.05) is 6.92 Å². The van der Waals surface area contributed by atoms with Crippen molar-refractivity contribution >= 4 is 5.91 Å². The first-order valence-corrected chi connectivity index (χ1v) is 10.1. The van der Waals surface area contributed by atoms with Gasteiger partial charge in [0.1, 0.15) is 11.4 Å². The summed E-state index contributed by atoms with van der Waals surface area (Å²) >= 11 is 0. The molecule has 0 saturated carbocycles. The summed E-state index contributed by atoms with van der Waals surface area (Å²) in [6.45, 7) is 5.72. The molecule has 3 rings (SSSR count). The van der Waals surface area contributed by atoms with Gasteiger partial charge in [0.05, 0.1) is 6.10 Å². The zero-order valence-corrected chi connectivity index (χ0v) is 16.6. The molecule has 1 amide bonds. The highest BCUT2D eigenvalue weighted by molar-refractivity contribution is 5.76. The van der Waals surface area contributed by atoms with E-state index in [0.29, 0.717) is 24.4 Å². The van der Waals surface area contributed by atoms with Crippen molar-refractivity contribution in [1.82, 2.24) is 20.1 Å². The molecule has 7 heteroatoms. The zero-order chi connectivity index (χ0) is 19.9. The monoisotopic (exact) mass is 384 g/mol. The fourth-order valence-electron chi connectivity index (χ4n) is 3.19. The molecule has 2 aromatic rings. The van der Waals surface area contributed by atoms with Crippen molar-refractivity contribution in [1.29, 1.82) is 0 Å². The van der Waals surface area contributed by atoms with Gasteiger partial charge in [-0.25, -0.2) is 0 Å². The third-order valence-electron chi connectivity index (χ3n) is 5.09. The molecule has 1 atom stereocenters. The first kappa shape index (κ1) is 20.0. The number of rotatable bonds is 7. The van der Waals surface area contributed by atoms with Crippen LogP contribution in [-0.4, -0.2) is 45.2 Å². The molecule has 28 heavy (non-hydrogen) atoms. The number of aromatic nitrogens is 3. The first-order chi connectivity index (χ1) is 13.6. The number of amides is 1. The van der Waals surface area contributed by atoms with Crippen LogP contribution in [0, 0.1) is 0 Å². The lowest BCUT2D eigenvalue weighted by atomic mass is 10.1. The molecule has 0 aliphatic carbocycles. The lowest BCUT2D eigenvalue weighted by Gasteiger charge is -2.26. The molecule has 1 aromatic heterocycles. The summed E-state index contributed by atoms with van der Waals surface area (Å²) in [7, 11) is 0. The van der Waals surface area contributed by atoms with E-state index in [9.17, 15) is 9.59 Å². The van der Waals surface area contributed by atoms with E-state index in [0.717, 1.165) is 43.7 Å². The lowest BCUT2D eigenvalue weighted by Crippen LogP contribution is -2.36. The van der Waals surface area contributed by atoms with Gasteiger partial charge < -0.3 is 14.6 Å². The molecule has 1 N–H and O–H groups in total. The molecule has 1 aliphatic heterocycles. The standard InChI is InChI=1S/C21H28N4O3/c1-3-15(2)28-17-9-7-16(8-10-17)20-22-21(27)18(23-24-20)11-12-19(26)25-13-5-4-6-14-25/h7-10,15H,3-6,11-14H2,1-2H3,(H,22,24,27). The smallest absolute Gasteiger partial charge is 0.273 e. The highest BCUT2D eigenvalue weighted by atomic mass is 16.5. The van der Waals surface area contributed by atoms with E-state index in [1.165, 1.54) is 6.42 Å². The van der Waals surface area contributed by atoms with E-state index in [4.69, 9.17) is 4.74 Å². The summed E-state index contributed by atoms with van der Waals surface area (Å²) in [4.78, 5) is 29.3. The van der Waals surface area contributed by atoms with E-state index >= 15 is 0 Å². The molecule has 2 heterocycles. The van der Waals surface area contributed by atoms with Crippen LogP contribution in [0.2, 0.25) is 0 Å². The maximum absolute atomic E-state index is 12.3. The van der Waals surface area contributed by atoms with Gasteiger partial charge in [-0.05, 0) is 56.9 Å². The number of aromatic amines is 1. The van der Waals surface area contributed by atoms with Crippen molar-refractivity contribution in [3.8, 4) is 17.1 Å². The summed E-state index contributed by atoms with van der Waals surface area (Å²) in [5.74, 6) is 1.27. The Bertz CT molecular complexity index is 841. The summed E-state index contributed by atoms with van der Waals surface area (Å²) < 4.78 is 5.76. The number of carbonyl (C=O) groups is 1. The molecule has 1 fully saturated rings. The summed E-state index contributed by atoms with van der Waals surface area (Å²) in [5.41, 5.74) is 0.763. The predicted molar refractivity (Wildman–Crippen MR) is 107 cm³/mol. The van der Waals surface area contributed by atoms with Gasteiger partial charge in [0.25, 0.3) is 5.56 Å². The van der Waals surface area contributed by atoms with Crippen LogP contribution >= 0.6 is 0 Å².